The van der Waals surface area contributed by atoms with E-state index < -0.39 is 11.5 Å². The Kier molecular flexibility index (Phi) is 8.76. The van der Waals surface area contributed by atoms with Crippen molar-refractivity contribution in [2.24, 2.45) is 0 Å². The molecule has 0 aliphatic carbocycles. The standard InChI is InChI=1S/C44H37NO5/c46-43-44(31-47-29-32-15-5-1-6-16-32,37-27-40-41(49-26-25-48-40)28-39(37)50-30-33-17-7-2-8-18-33)36-23-13-14-24-38(36)45(43)42(34-19-9-3-10-20-34)35-21-11-4-12-22-35/h1-24,27-28,42H,25-26,29-31H2/t44-/m0/s1. The second kappa shape index (κ2) is 13.9. The van der Waals surface area contributed by atoms with Crippen molar-refractivity contribution in [2.75, 3.05) is 24.7 Å². The van der Waals surface area contributed by atoms with Crippen molar-refractivity contribution >= 4 is 11.6 Å². The molecule has 0 spiro atoms. The summed E-state index contributed by atoms with van der Waals surface area (Å²) in [7, 11) is 0. The van der Waals surface area contributed by atoms with Gasteiger partial charge in [-0.15, -0.1) is 0 Å². The Bertz CT molecular complexity index is 2030. The molecule has 248 valence electrons. The highest BCUT2D eigenvalue weighted by molar-refractivity contribution is 6.12. The molecular weight excluding hydrogens is 622 g/mol. The number of carbonyl (C=O) groups excluding carboxylic acids is 1. The maximum atomic E-state index is 15.8. The van der Waals surface area contributed by atoms with Crippen LogP contribution in [-0.4, -0.2) is 25.7 Å². The van der Waals surface area contributed by atoms with Crippen LogP contribution in [0.2, 0.25) is 0 Å². The van der Waals surface area contributed by atoms with E-state index in [4.69, 9.17) is 18.9 Å². The largest absolute Gasteiger partial charge is 0.488 e. The summed E-state index contributed by atoms with van der Waals surface area (Å²) >= 11 is 0. The highest BCUT2D eigenvalue weighted by atomic mass is 16.6. The van der Waals surface area contributed by atoms with Crippen LogP contribution in [-0.2, 0) is 28.2 Å². The smallest absolute Gasteiger partial charge is 0.245 e. The molecule has 50 heavy (non-hydrogen) atoms. The van der Waals surface area contributed by atoms with Gasteiger partial charge >= 0.3 is 0 Å². The number of fused-ring (bicyclic) bond motifs is 2. The van der Waals surface area contributed by atoms with Crippen molar-refractivity contribution in [1.29, 1.82) is 0 Å². The van der Waals surface area contributed by atoms with E-state index in [1.54, 1.807) is 0 Å². The molecule has 0 saturated heterocycles. The third-order valence-electron chi connectivity index (χ3n) is 9.47. The number of benzene rings is 6. The van der Waals surface area contributed by atoms with Crippen molar-refractivity contribution in [3.63, 3.8) is 0 Å². The van der Waals surface area contributed by atoms with Crippen LogP contribution >= 0.6 is 0 Å². The molecule has 8 rings (SSSR count). The van der Waals surface area contributed by atoms with Crippen LogP contribution in [0.15, 0.2) is 158 Å². The lowest BCUT2D eigenvalue weighted by molar-refractivity contribution is -0.124. The first-order chi connectivity index (χ1) is 24.7. The van der Waals surface area contributed by atoms with Gasteiger partial charge in [0.1, 0.15) is 31.0 Å². The summed E-state index contributed by atoms with van der Waals surface area (Å²) in [5.41, 5.74) is 5.10. The molecule has 2 heterocycles. The van der Waals surface area contributed by atoms with Crippen LogP contribution in [0.25, 0.3) is 0 Å². The van der Waals surface area contributed by atoms with E-state index in [1.165, 1.54) is 0 Å². The third kappa shape index (κ3) is 5.88. The molecule has 0 N–H and O–H groups in total. The van der Waals surface area contributed by atoms with Crippen molar-refractivity contribution < 1.29 is 23.7 Å². The molecule has 6 aromatic rings. The number of nitrogens with zero attached hydrogens (tertiary/aromatic N) is 1. The average Bonchev–Trinajstić information content (AvgIpc) is 3.43. The second-order valence-electron chi connectivity index (χ2n) is 12.6. The summed E-state index contributed by atoms with van der Waals surface area (Å²) in [4.78, 5) is 17.8. The van der Waals surface area contributed by atoms with E-state index >= 15 is 4.79 Å². The SMILES string of the molecule is O=C1N(C(c2ccccc2)c2ccccc2)c2ccccc2[C@@]1(COCc1ccccc1)c1cc2c(cc1OCc1ccccc1)OCCO2. The zero-order valence-corrected chi connectivity index (χ0v) is 27.6. The van der Waals surface area contributed by atoms with Gasteiger partial charge < -0.3 is 18.9 Å². The monoisotopic (exact) mass is 659 g/mol. The van der Waals surface area contributed by atoms with Gasteiger partial charge in [-0.05, 0) is 39.9 Å². The van der Waals surface area contributed by atoms with Crippen molar-refractivity contribution in [1.82, 2.24) is 0 Å². The molecule has 0 aromatic heterocycles. The molecule has 0 saturated carbocycles. The fraction of sp³-hybridized carbons (Fsp3) is 0.159. The molecule has 6 heteroatoms. The lowest BCUT2D eigenvalue weighted by Gasteiger charge is -2.34. The number of hydrogen-bond donors (Lipinski definition) is 0. The Balaban J connectivity index is 1.32. The van der Waals surface area contributed by atoms with Gasteiger partial charge in [0.15, 0.2) is 11.5 Å². The Hall–Kier alpha value is -5.85. The summed E-state index contributed by atoms with van der Waals surface area (Å²) < 4.78 is 25.5. The topological polar surface area (TPSA) is 57.2 Å². The Morgan fingerprint density at radius 2 is 1.12 bits per heavy atom. The van der Waals surface area contributed by atoms with Crippen LogP contribution in [0.4, 0.5) is 5.69 Å². The van der Waals surface area contributed by atoms with E-state index in [1.807, 2.05) is 138 Å². The third-order valence-corrected chi connectivity index (χ3v) is 9.47. The van der Waals surface area contributed by atoms with Crippen LogP contribution in [0.5, 0.6) is 17.2 Å². The molecule has 1 atom stereocenters. The summed E-state index contributed by atoms with van der Waals surface area (Å²) in [6.45, 7) is 1.57. The highest BCUT2D eigenvalue weighted by Crippen LogP contribution is 2.54. The van der Waals surface area contributed by atoms with Crippen molar-refractivity contribution in [3.8, 4) is 17.2 Å². The zero-order chi connectivity index (χ0) is 33.8. The first kappa shape index (κ1) is 31.4. The summed E-state index contributed by atoms with van der Waals surface area (Å²) in [6.07, 6.45) is 0. The molecule has 2 aliphatic rings. The summed E-state index contributed by atoms with van der Waals surface area (Å²) in [5, 5.41) is 0. The van der Waals surface area contributed by atoms with Gasteiger partial charge in [0.25, 0.3) is 0 Å². The van der Waals surface area contributed by atoms with Gasteiger partial charge in [-0.2, -0.15) is 0 Å². The molecule has 0 bridgehead atoms. The highest BCUT2D eigenvalue weighted by Gasteiger charge is 2.56. The Morgan fingerprint density at radius 1 is 0.600 bits per heavy atom. The van der Waals surface area contributed by atoms with Gasteiger partial charge in [0.2, 0.25) is 5.91 Å². The lowest BCUT2D eigenvalue weighted by Crippen LogP contribution is -2.46. The number of carbonyl (C=O) groups is 1. The predicted molar refractivity (Wildman–Crippen MR) is 194 cm³/mol. The van der Waals surface area contributed by atoms with Gasteiger partial charge in [0, 0.05) is 17.3 Å². The molecule has 2 aliphatic heterocycles. The van der Waals surface area contributed by atoms with Gasteiger partial charge in [0.05, 0.1) is 19.3 Å². The second-order valence-corrected chi connectivity index (χ2v) is 12.6. The van der Waals surface area contributed by atoms with Crippen molar-refractivity contribution in [2.45, 2.75) is 24.7 Å². The normalized spacial score (nSPS) is 16.3. The quantitative estimate of drug-likeness (QED) is 0.139. The van der Waals surface area contributed by atoms with E-state index in [0.29, 0.717) is 49.2 Å². The number of ether oxygens (including phenoxy) is 4. The molecular formula is C44H37NO5. The van der Waals surface area contributed by atoms with Crippen LogP contribution < -0.4 is 19.1 Å². The van der Waals surface area contributed by atoms with Crippen molar-refractivity contribution in [3.05, 3.63) is 191 Å². The number of rotatable bonds is 11. The van der Waals surface area contributed by atoms with Crippen LogP contribution in [0, 0.1) is 0 Å². The fourth-order valence-corrected chi connectivity index (χ4v) is 7.12. The van der Waals surface area contributed by atoms with Gasteiger partial charge in [-0.3, -0.25) is 9.69 Å². The molecule has 6 nitrogen and oxygen atoms in total. The van der Waals surface area contributed by atoms with E-state index in [-0.39, 0.29) is 12.5 Å². The maximum absolute atomic E-state index is 15.8. The first-order valence-electron chi connectivity index (χ1n) is 17.0. The minimum atomic E-state index is -1.28. The molecule has 0 fully saturated rings. The predicted octanol–water partition coefficient (Wildman–Crippen LogP) is 8.68. The van der Waals surface area contributed by atoms with Crippen LogP contribution in [0.1, 0.15) is 39.4 Å². The van der Waals surface area contributed by atoms with E-state index in [2.05, 4.69) is 24.3 Å². The number of amides is 1. The lowest BCUT2D eigenvalue weighted by atomic mass is 9.75. The Labute approximate surface area is 292 Å². The summed E-state index contributed by atoms with van der Waals surface area (Å²) in [5.74, 6) is 1.60. The average molecular weight is 660 g/mol. The molecule has 0 radical (unpaired) electrons. The number of hydrogen-bond acceptors (Lipinski definition) is 5. The maximum Gasteiger partial charge on any atom is 0.245 e. The molecule has 6 aromatic carbocycles. The number of anilines is 1. The number of para-hydroxylation sites is 1. The van der Waals surface area contributed by atoms with Gasteiger partial charge in [-0.25, -0.2) is 0 Å². The van der Waals surface area contributed by atoms with E-state index in [0.717, 1.165) is 33.5 Å². The van der Waals surface area contributed by atoms with Gasteiger partial charge in [-0.1, -0.05) is 140 Å². The summed E-state index contributed by atoms with van der Waals surface area (Å²) in [6, 6.07) is 51.9. The van der Waals surface area contributed by atoms with E-state index in [9.17, 15) is 0 Å². The molecule has 1 amide bonds. The first-order valence-corrected chi connectivity index (χ1v) is 17.0. The van der Waals surface area contributed by atoms with Crippen LogP contribution in [0.3, 0.4) is 0 Å². The Morgan fingerprint density at radius 3 is 1.74 bits per heavy atom. The molecule has 0 unspecified atom stereocenters. The fourth-order valence-electron chi connectivity index (χ4n) is 7.12. The minimum absolute atomic E-state index is 0.0753. The zero-order valence-electron chi connectivity index (χ0n) is 27.6. The minimum Gasteiger partial charge on any atom is -0.488 e.